The van der Waals surface area contributed by atoms with E-state index < -0.39 is 0 Å². The van der Waals surface area contributed by atoms with E-state index in [0.29, 0.717) is 5.95 Å². The molecule has 0 aliphatic carbocycles. The largest absolute Gasteiger partial charge is 0.352 e. The van der Waals surface area contributed by atoms with Crippen molar-refractivity contribution in [1.82, 2.24) is 20.3 Å². The first-order valence-corrected chi connectivity index (χ1v) is 6.98. The lowest BCUT2D eigenvalue weighted by Gasteiger charge is -2.17. The highest BCUT2D eigenvalue weighted by atomic mass is 16.1. The van der Waals surface area contributed by atoms with Crippen LogP contribution >= 0.6 is 0 Å². The molecule has 3 heterocycles. The second kappa shape index (κ2) is 5.87. The summed E-state index contributed by atoms with van der Waals surface area (Å²) in [4.78, 5) is 26.3. The molecule has 0 bridgehead atoms. The van der Waals surface area contributed by atoms with Crippen LogP contribution in [0.3, 0.4) is 0 Å². The Morgan fingerprint density at radius 3 is 3.05 bits per heavy atom. The van der Waals surface area contributed by atoms with Gasteiger partial charge in [0, 0.05) is 50.2 Å². The van der Waals surface area contributed by atoms with Crippen LogP contribution in [0.1, 0.15) is 13.3 Å². The SMILES string of the molecule is CC(=O)NC1CCN(c2nccc(-c3cccnc3)n2)C1. The van der Waals surface area contributed by atoms with Gasteiger partial charge in [-0.2, -0.15) is 0 Å². The maximum atomic E-state index is 11.1. The van der Waals surface area contributed by atoms with Crippen LogP contribution in [0.4, 0.5) is 5.95 Å². The predicted octanol–water partition coefficient (Wildman–Crippen LogP) is 1.25. The molecular formula is C15H17N5O. The summed E-state index contributed by atoms with van der Waals surface area (Å²) in [5.74, 6) is 0.705. The molecule has 0 radical (unpaired) electrons. The molecule has 0 saturated carbocycles. The van der Waals surface area contributed by atoms with Crippen LogP contribution in [-0.2, 0) is 4.79 Å². The molecule has 1 saturated heterocycles. The van der Waals surface area contributed by atoms with Crippen molar-refractivity contribution in [3.63, 3.8) is 0 Å². The van der Waals surface area contributed by atoms with E-state index in [1.807, 2.05) is 18.2 Å². The highest BCUT2D eigenvalue weighted by Crippen LogP contribution is 2.20. The van der Waals surface area contributed by atoms with Gasteiger partial charge in [-0.3, -0.25) is 9.78 Å². The number of nitrogens with zero attached hydrogens (tertiary/aromatic N) is 4. The molecule has 1 amide bonds. The van der Waals surface area contributed by atoms with Crippen LogP contribution in [0, 0.1) is 0 Å². The van der Waals surface area contributed by atoms with Crippen LogP contribution in [0.15, 0.2) is 36.8 Å². The van der Waals surface area contributed by atoms with Crippen LogP contribution in [0.25, 0.3) is 11.3 Å². The molecule has 1 atom stereocenters. The third-order valence-electron chi connectivity index (χ3n) is 3.48. The Morgan fingerprint density at radius 1 is 1.38 bits per heavy atom. The number of carbonyl (C=O) groups is 1. The summed E-state index contributed by atoms with van der Waals surface area (Å²) in [7, 11) is 0. The molecule has 6 heteroatoms. The number of nitrogens with one attached hydrogen (secondary N) is 1. The van der Waals surface area contributed by atoms with E-state index in [2.05, 4.69) is 25.2 Å². The minimum Gasteiger partial charge on any atom is -0.352 e. The zero-order valence-electron chi connectivity index (χ0n) is 11.9. The first kappa shape index (κ1) is 13.5. The molecule has 1 aliphatic heterocycles. The Kier molecular flexibility index (Phi) is 3.77. The Hall–Kier alpha value is -2.50. The molecule has 6 nitrogen and oxygen atoms in total. The van der Waals surface area contributed by atoms with Gasteiger partial charge >= 0.3 is 0 Å². The first-order chi connectivity index (χ1) is 10.2. The van der Waals surface area contributed by atoms with Crippen molar-refractivity contribution in [3.8, 4) is 11.3 Å². The molecule has 1 fully saturated rings. The molecule has 3 rings (SSSR count). The van der Waals surface area contributed by atoms with Gasteiger partial charge in [-0.05, 0) is 24.6 Å². The second-order valence-electron chi connectivity index (χ2n) is 5.12. The highest BCUT2D eigenvalue weighted by Gasteiger charge is 2.24. The summed E-state index contributed by atoms with van der Waals surface area (Å²) in [6.07, 6.45) is 6.21. The molecule has 1 N–H and O–H groups in total. The van der Waals surface area contributed by atoms with E-state index >= 15 is 0 Å². The topological polar surface area (TPSA) is 71.0 Å². The molecule has 1 unspecified atom stereocenters. The van der Waals surface area contributed by atoms with E-state index in [9.17, 15) is 4.79 Å². The molecular weight excluding hydrogens is 266 g/mol. The second-order valence-corrected chi connectivity index (χ2v) is 5.12. The molecule has 21 heavy (non-hydrogen) atoms. The fourth-order valence-corrected chi connectivity index (χ4v) is 2.52. The lowest BCUT2D eigenvalue weighted by molar-refractivity contribution is -0.119. The summed E-state index contributed by atoms with van der Waals surface area (Å²) in [6.45, 7) is 3.14. The fraction of sp³-hybridized carbons (Fsp3) is 0.333. The van der Waals surface area contributed by atoms with Crippen molar-refractivity contribution in [2.45, 2.75) is 19.4 Å². The van der Waals surface area contributed by atoms with Crippen molar-refractivity contribution in [1.29, 1.82) is 0 Å². The van der Waals surface area contributed by atoms with Crippen LogP contribution < -0.4 is 10.2 Å². The Labute approximate surface area is 123 Å². The minimum atomic E-state index is 0.00637. The number of pyridine rings is 1. The van der Waals surface area contributed by atoms with Gasteiger partial charge in [0.2, 0.25) is 11.9 Å². The number of hydrogen-bond acceptors (Lipinski definition) is 5. The molecule has 2 aromatic rings. The number of hydrogen-bond donors (Lipinski definition) is 1. The van der Waals surface area contributed by atoms with Crippen molar-refractivity contribution in [3.05, 3.63) is 36.8 Å². The standard InChI is InChI=1S/C15H17N5O/c1-11(21)18-13-5-8-20(10-13)15-17-7-4-14(19-15)12-3-2-6-16-9-12/h2-4,6-7,9,13H,5,8,10H2,1H3,(H,18,21). The summed E-state index contributed by atoms with van der Waals surface area (Å²) in [5, 5.41) is 2.94. The maximum absolute atomic E-state index is 11.1. The summed E-state index contributed by atoms with van der Waals surface area (Å²) in [5.41, 5.74) is 1.83. The predicted molar refractivity (Wildman–Crippen MR) is 79.7 cm³/mol. The maximum Gasteiger partial charge on any atom is 0.225 e. The van der Waals surface area contributed by atoms with Crippen molar-refractivity contribution >= 4 is 11.9 Å². The Balaban J connectivity index is 1.77. The van der Waals surface area contributed by atoms with Gasteiger partial charge in [0.05, 0.1) is 5.69 Å². The zero-order valence-corrected chi connectivity index (χ0v) is 11.9. The number of rotatable bonds is 3. The zero-order chi connectivity index (χ0) is 14.7. The molecule has 108 valence electrons. The first-order valence-electron chi connectivity index (χ1n) is 6.98. The monoisotopic (exact) mass is 283 g/mol. The highest BCUT2D eigenvalue weighted by molar-refractivity contribution is 5.73. The van der Waals surface area contributed by atoms with E-state index in [1.165, 1.54) is 0 Å². The van der Waals surface area contributed by atoms with E-state index in [4.69, 9.17) is 0 Å². The number of anilines is 1. The van der Waals surface area contributed by atoms with Gasteiger partial charge < -0.3 is 10.2 Å². The van der Waals surface area contributed by atoms with E-state index in [-0.39, 0.29) is 11.9 Å². The van der Waals surface area contributed by atoms with E-state index in [1.54, 1.807) is 25.5 Å². The Morgan fingerprint density at radius 2 is 2.29 bits per heavy atom. The average molecular weight is 283 g/mol. The average Bonchev–Trinajstić information content (AvgIpc) is 2.96. The molecule has 2 aromatic heterocycles. The summed E-state index contributed by atoms with van der Waals surface area (Å²) in [6, 6.07) is 5.92. The van der Waals surface area contributed by atoms with Crippen LogP contribution in [0.2, 0.25) is 0 Å². The van der Waals surface area contributed by atoms with Gasteiger partial charge in [-0.15, -0.1) is 0 Å². The normalized spacial score (nSPS) is 17.8. The molecule has 0 spiro atoms. The third kappa shape index (κ3) is 3.16. The lowest BCUT2D eigenvalue weighted by Crippen LogP contribution is -2.35. The van der Waals surface area contributed by atoms with Gasteiger partial charge in [0.1, 0.15) is 0 Å². The Bertz CT molecular complexity index is 631. The smallest absolute Gasteiger partial charge is 0.225 e. The third-order valence-corrected chi connectivity index (χ3v) is 3.48. The summed E-state index contributed by atoms with van der Waals surface area (Å²) >= 11 is 0. The van der Waals surface area contributed by atoms with Crippen molar-refractivity contribution in [2.75, 3.05) is 18.0 Å². The van der Waals surface area contributed by atoms with Crippen LogP contribution in [-0.4, -0.2) is 40.0 Å². The van der Waals surface area contributed by atoms with E-state index in [0.717, 1.165) is 30.8 Å². The van der Waals surface area contributed by atoms with Gasteiger partial charge in [-0.1, -0.05) is 0 Å². The number of carbonyl (C=O) groups excluding carboxylic acids is 1. The fourth-order valence-electron chi connectivity index (χ4n) is 2.52. The molecule has 1 aliphatic rings. The molecule has 0 aromatic carbocycles. The number of aromatic nitrogens is 3. The minimum absolute atomic E-state index is 0.00637. The lowest BCUT2D eigenvalue weighted by atomic mass is 10.2. The van der Waals surface area contributed by atoms with Crippen molar-refractivity contribution in [2.24, 2.45) is 0 Å². The van der Waals surface area contributed by atoms with Gasteiger partial charge in [0.15, 0.2) is 0 Å². The van der Waals surface area contributed by atoms with Gasteiger partial charge in [-0.25, -0.2) is 9.97 Å². The van der Waals surface area contributed by atoms with Crippen LogP contribution in [0.5, 0.6) is 0 Å². The summed E-state index contributed by atoms with van der Waals surface area (Å²) < 4.78 is 0. The van der Waals surface area contributed by atoms with Crippen molar-refractivity contribution < 1.29 is 4.79 Å². The number of amides is 1. The van der Waals surface area contributed by atoms with Gasteiger partial charge in [0.25, 0.3) is 0 Å². The quantitative estimate of drug-likeness (QED) is 0.918.